The largest absolute Gasteiger partial charge is 0.452 e. The van der Waals surface area contributed by atoms with Crippen LogP contribution in [0.2, 0.25) is 5.02 Å². The molecular weight excluding hydrogens is 386 g/mol. The van der Waals surface area contributed by atoms with Crippen molar-refractivity contribution >= 4 is 34.9 Å². The van der Waals surface area contributed by atoms with Crippen LogP contribution in [-0.4, -0.2) is 30.0 Å². The first-order chi connectivity index (χ1) is 13.3. The minimum Gasteiger partial charge on any atom is -0.452 e. The molecule has 0 bridgehead atoms. The number of amides is 1. The number of hydrogen-bond donors (Lipinski definition) is 0. The lowest BCUT2D eigenvalue weighted by Crippen LogP contribution is -2.35. The molecule has 2 aromatic rings. The second-order valence-corrected chi connectivity index (χ2v) is 6.20. The maximum atomic E-state index is 12.5. The fraction of sp³-hybridized carbons (Fsp3) is 0.211. The second kappa shape index (κ2) is 9.48. The van der Waals surface area contributed by atoms with Gasteiger partial charge in [-0.1, -0.05) is 29.3 Å². The highest BCUT2D eigenvalue weighted by Crippen LogP contribution is 2.25. The summed E-state index contributed by atoms with van der Waals surface area (Å²) in [7, 11) is 0. The van der Waals surface area contributed by atoms with E-state index >= 15 is 0 Å². The van der Waals surface area contributed by atoms with Crippen molar-refractivity contribution in [2.45, 2.75) is 13.3 Å². The fourth-order valence-electron chi connectivity index (χ4n) is 2.35. The lowest BCUT2D eigenvalue weighted by molar-refractivity contribution is -0.384. The van der Waals surface area contributed by atoms with Crippen LogP contribution in [0.4, 0.5) is 11.4 Å². The molecule has 2 rings (SSSR count). The molecule has 1 amide bonds. The molecular formula is C19H16ClN3O5. The van der Waals surface area contributed by atoms with E-state index in [4.69, 9.17) is 21.6 Å². The van der Waals surface area contributed by atoms with Crippen LogP contribution in [0.5, 0.6) is 0 Å². The van der Waals surface area contributed by atoms with Crippen LogP contribution in [0.15, 0.2) is 42.5 Å². The highest BCUT2D eigenvalue weighted by atomic mass is 35.5. The maximum Gasteiger partial charge on any atom is 0.338 e. The standard InChI is InChI=1S/C19H16ClN3O5/c1-13-3-6-15(7-4-13)22(10-2-9-21)18(24)12-28-19(25)14-5-8-16(20)17(11-14)23(26)27/h3-8,11H,2,10,12H2,1H3. The number of carbonyl (C=O) groups excluding carboxylic acids is 2. The summed E-state index contributed by atoms with van der Waals surface area (Å²) in [6.45, 7) is 1.47. The number of benzene rings is 2. The number of nitro benzene ring substituents is 1. The van der Waals surface area contributed by atoms with Crippen molar-refractivity contribution in [2.24, 2.45) is 0 Å². The van der Waals surface area contributed by atoms with E-state index in [0.717, 1.165) is 11.6 Å². The Bertz CT molecular complexity index is 938. The zero-order valence-corrected chi connectivity index (χ0v) is 15.7. The average Bonchev–Trinajstić information content (AvgIpc) is 2.67. The van der Waals surface area contributed by atoms with Gasteiger partial charge in [0.05, 0.1) is 23.0 Å². The zero-order valence-electron chi connectivity index (χ0n) is 14.9. The van der Waals surface area contributed by atoms with E-state index in [1.807, 2.05) is 25.1 Å². The summed E-state index contributed by atoms with van der Waals surface area (Å²) in [6, 6.07) is 12.5. The van der Waals surface area contributed by atoms with Crippen LogP contribution >= 0.6 is 11.6 Å². The number of ether oxygens (including phenoxy) is 1. The molecule has 0 aromatic heterocycles. The van der Waals surface area contributed by atoms with Gasteiger partial charge < -0.3 is 9.64 Å². The quantitative estimate of drug-likeness (QED) is 0.397. The van der Waals surface area contributed by atoms with Crippen LogP contribution in [-0.2, 0) is 9.53 Å². The molecule has 2 aromatic carbocycles. The molecule has 0 radical (unpaired) electrons. The van der Waals surface area contributed by atoms with Gasteiger partial charge in [0.1, 0.15) is 5.02 Å². The normalized spacial score (nSPS) is 10.0. The lowest BCUT2D eigenvalue weighted by Gasteiger charge is -2.21. The van der Waals surface area contributed by atoms with Gasteiger partial charge in [-0.05, 0) is 31.2 Å². The zero-order chi connectivity index (χ0) is 20.7. The molecule has 28 heavy (non-hydrogen) atoms. The third kappa shape index (κ3) is 5.28. The van der Waals surface area contributed by atoms with Crippen LogP contribution < -0.4 is 4.90 Å². The number of esters is 1. The van der Waals surface area contributed by atoms with E-state index in [1.165, 1.54) is 17.0 Å². The number of halogens is 1. The molecule has 0 aliphatic rings. The van der Waals surface area contributed by atoms with Gasteiger partial charge in [-0.15, -0.1) is 0 Å². The van der Waals surface area contributed by atoms with Crippen LogP contribution in [0.25, 0.3) is 0 Å². The van der Waals surface area contributed by atoms with E-state index in [9.17, 15) is 19.7 Å². The number of rotatable bonds is 7. The predicted molar refractivity (Wildman–Crippen MR) is 102 cm³/mol. The highest BCUT2D eigenvalue weighted by molar-refractivity contribution is 6.32. The minimum absolute atomic E-state index is 0.0946. The molecule has 0 unspecified atom stereocenters. The van der Waals surface area contributed by atoms with Crippen molar-refractivity contribution in [1.82, 2.24) is 0 Å². The third-order valence-electron chi connectivity index (χ3n) is 3.80. The summed E-state index contributed by atoms with van der Waals surface area (Å²) >= 11 is 5.71. The lowest BCUT2D eigenvalue weighted by atomic mass is 10.2. The van der Waals surface area contributed by atoms with E-state index < -0.39 is 29.1 Å². The van der Waals surface area contributed by atoms with Gasteiger partial charge in [0.2, 0.25) is 0 Å². The number of nitro groups is 1. The van der Waals surface area contributed by atoms with E-state index in [2.05, 4.69) is 0 Å². The Labute approximate surface area is 166 Å². The van der Waals surface area contributed by atoms with Gasteiger partial charge in [0.25, 0.3) is 11.6 Å². The summed E-state index contributed by atoms with van der Waals surface area (Å²) in [5, 5.41) is 19.6. The van der Waals surface area contributed by atoms with Crippen molar-refractivity contribution in [1.29, 1.82) is 5.26 Å². The number of aryl methyl sites for hydroxylation is 1. The van der Waals surface area contributed by atoms with Gasteiger partial charge in [-0.3, -0.25) is 14.9 Å². The summed E-state index contributed by atoms with van der Waals surface area (Å²) in [4.78, 5) is 36.2. The van der Waals surface area contributed by atoms with Crippen molar-refractivity contribution in [3.8, 4) is 6.07 Å². The Balaban J connectivity index is 2.10. The Kier molecular flexibility index (Phi) is 7.07. The first-order valence-electron chi connectivity index (χ1n) is 8.18. The number of nitrogens with zero attached hydrogens (tertiary/aromatic N) is 3. The minimum atomic E-state index is -0.891. The second-order valence-electron chi connectivity index (χ2n) is 5.79. The SMILES string of the molecule is Cc1ccc(N(CCC#N)C(=O)COC(=O)c2ccc(Cl)c([N+](=O)[O-])c2)cc1. The topological polar surface area (TPSA) is 114 Å². The molecule has 8 nitrogen and oxygen atoms in total. The first kappa shape index (κ1) is 20.9. The molecule has 0 N–H and O–H groups in total. The van der Waals surface area contributed by atoms with Gasteiger partial charge in [0.15, 0.2) is 6.61 Å². The summed E-state index contributed by atoms with van der Waals surface area (Å²) in [6.07, 6.45) is 0.108. The Morgan fingerprint density at radius 3 is 2.54 bits per heavy atom. The molecule has 0 aliphatic carbocycles. The number of anilines is 1. The van der Waals surface area contributed by atoms with Crippen LogP contribution in [0, 0.1) is 28.4 Å². The van der Waals surface area contributed by atoms with Crippen molar-refractivity contribution in [3.05, 3.63) is 68.7 Å². The Morgan fingerprint density at radius 2 is 1.93 bits per heavy atom. The fourth-order valence-corrected chi connectivity index (χ4v) is 2.54. The molecule has 9 heteroatoms. The van der Waals surface area contributed by atoms with Gasteiger partial charge in [-0.25, -0.2) is 4.79 Å². The molecule has 0 saturated heterocycles. The predicted octanol–water partition coefficient (Wildman–Crippen LogP) is 3.66. The van der Waals surface area contributed by atoms with Crippen molar-refractivity contribution < 1.29 is 19.2 Å². The Morgan fingerprint density at radius 1 is 1.25 bits per heavy atom. The number of carbonyl (C=O) groups is 2. The monoisotopic (exact) mass is 401 g/mol. The molecule has 0 heterocycles. The molecule has 0 spiro atoms. The molecule has 0 saturated carbocycles. The number of nitriles is 1. The van der Waals surface area contributed by atoms with Gasteiger partial charge in [-0.2, -0.15) is 5.26 Å². The first-order valence-corrected chi connectivity index (χ1v) is 8.56. The molecule has 0 fully saturated rings. The average molecular weight is 402 g/mol. The molecule has 0 atom stereocenters. The summed E-state index contributed by atoms with van der Waals surface area (Å²) in [5.74, 6) is -1.41. The highest BCUT2D eigenvalue weighted by Gasteiger charge is 2.20. The van der Waals surface area contributed by atoms with E-state index in [0.29, 0.717) is 5.69 Å². The van der Waals surface area contributed by atoms with Gasteiger partial charge >= 0.3 is 5.97 Å². The van der Waals surface area contributed by atoms with E-state index in [1.54, 1.807) is 12.1 Å². The summed E-state index contributed by atoms with van der Waals surface area (Å²) < 4.78 is 4.99. The Hall–Kier alpha value is -3.44. The summed E-state index contributed by atoms with van der Waals surface area (Å²) in [5.41, 5.74) is 1.05. The van der Waals surface area contributed by atoms with E-state index in [-0.39, 0.29) is 23.6 Å². The van der Waals surface area contributed by atoms with Crippen molar-refractivity contribution in [2.75, 3.05) is 18.1 Å². The van der Waals surface area contributed by atoms with Crippen molar-refractivity contribution in [3.63, 3.8) is 0 Å². The molecule has 144 valence electrons. The maximum absolute atomic E-state index is 12.5. The molecule has 0 aliphatic heterocycles. The third-order valence-corrected chi connectivity index (χ3v) is 4.12. The van der Waals surface area contributed by atoms with Gasteiger partial charge in [0, 0.05) is 18.3 Å². The number of hydrogen-bond acceptors (Lipinski definition) is 6. The smallest absolute Gasteiger partial charge is 0.338 e. The van der Waals surface area contributed by atoms with Crippen LogP contribution in [0.3, 0.4) is 0 Å². The van der Waals surface area contributed by atoms with Crippen LogP contribution in [0.1, 0.15) is 22.3 Å².